The van der Waals surface area contributed by atoms with Crippen LogP contribution in [0.25, 0.3) is 0 Å². The summed E-state index contributed by atoms with van der Waals surface area (Å²) in [5.41, 5.74) is 10.3. The summed E-state index contributed by atoms with van der Waals surface area (Å²) in [5, 5.41) is 3.03. The summed E-state index contributed by atoms with van der Waals surface area (Å²) in [6, 6.07) is 0. The fourth-order valence-corrected chi connectivity index (χ4v) is 0.579. The van der Waals surface area contributed by atoms with Crippen molar-refractivity contribution < 1.29 is 0 Å². The van der Waals surface area contributed by atoms with Gasteiger partial charge in [-0.15, -0.1) is 0 Å². The van der Waals surface area contributed by atoms with Gasteiger partial charge in [-0.05, 0) is 0 Å². The smallest absolute Gasteiger partial charge is 0.00750 e. The third-order valence-electron chi connectivity index (χ3n) is 1.64. The lowest BCUT2D eigenvalue weighted by molar-refractivity contribution is 0.504. The Bertz CT molecular complexity index is 54.4. The van der Waals surface area contributed by atoms with Crippen LogP contribution in [0, 0.1) is 0 Å². The summed E-state index contributed by atoms with van der Waals surface area (Å²) in [4.78, 5) is 0. The second-order valence-corrected chi connectivity index (χ2v) is 2.74. The molecule has 0 heterocycles. The van der Waals surface area contributed by atoms with Gasteiger partial charge in [-0.3, -0.25) is 0 Å². The highest BCUT2D eigenvalue weighted by Gasteiger charge is 1.95. The van der Waals surface area contributed by atoms with Crippen LogP contribution in [0.2, 0.25) is 0 Å². The summed E-state index contributed by atoms with van der Waals surface area (Å²) in [6.45, 7) is 3.13. The molecule has 0 radical (unpaired) electrons. The van der Waals surface area contributed by atoms with E-state index in [0.29, 0.717) is 13.1 Å². The molecular weight excluding hydrogens is 138 g/mol. The SMILES string of the molecule is C1CCC1.NCCNCCN. The maximum absolute atomic E-state index is 5.17. The molecule has 5 N–H and O–H groups in total. The van der Waals surface area contributed by atoms with E-state index < -0.39 is 0 Å². The molecule has 1 fully saturated rings. The number of hydrogen-bond acceptors (Lipinski definition) is 3. The van der Waals surface area contributed by atoms with Gasteiger partial charge in [0.15, 0.2) is 0 Å². The number of hydrogen-bond donors (Lipinski definition) is 3. The maximum atomic E-state index is 5.17. The van der Waals surface area contributed by atoms with Crippen LogP contribution in [0.15, 0.2) is 0 Å². The normalized spacial score (nSPS) is 14.7. The van der Waals surface area contributed by atoms with Gasteiger partial charge in [0.2, 0.25) is 0 Å². The second-order valence-electron chi connectivity index (χ2n) is 2.74. The van der Waals surface area contributed by atoms with E-state index >= 15 is 0 Å². The van der Waals surface area contributed by atoms with E-state index in [1.807, 2.05) is 0 Å². The van der Waals surface area contributed by atoms with Crippen LogP contribution < -0.4 is 16.8 Å². The van der Waals surface area contributed by atoms with Gasteiger partial charge in [-0.1, -0.05) is 25.7 Å². The van der Waals surface area contributed by atoms with Crippen molar-refractivity contribution in [1.82, 2.24) is 5.32 Å². The first-order valence-electron chi connectivity index (χ1n) is 4.52. The lowest BCUT2D eigenvalue weighted by atomic mass is 10.0. The van der Waals surface area contributed by atoms with Crippen molar-refractivity contribution in [3.63, 3.8) is 0 Å². The summed E-state index contributed by atoms with van der Waals surface area (Å²) >= 11 is 0. The molecule has 3 heteroatoms. The molecule has 1 aliphatic carbocycles. The summed E-state index contributed by atoms with van der Waals surface area (Å²) in [5.74, 6) is 0. The molecule has 68 valence electrons. The Labute approximate surface area is 69.5 Å². The molecule has 0 aromatic carbocycles. The van der Waals surface area contributed by atoms with E-state index in [4.69, 9.17) is 11.5 Å². The molecule has 0 unspecified atom stereocenters. The molecule has 3 nitrogen and oxygen atoms in total. The molecule has 0 aromatic rings. The Morgan fingerprint density at radius 3 is 1.36 bits per heavy atom. The maximum Gasteiger partial charge on any atom is 0.00750 e. The fourth-order valence-electron chi connectivity index (χ4n) is 0.579. The number of nitrogens with one attached hydrogen (secondary N) is 1. The van der Waals surface area contributed by atoms with Gasteiger partial charge in [0.25, 0.3) is 0 Å². The first kappa shape index (κ1) is 10.9. The third kappa shape index (κ3) is 9.88. The lowest BCUT2D eigenvalue weighted by Crippen LogP contribution is -2.27. The zero-order chi connectivity index (χ0) is 8.36. The highest BCUT2D eigenvalue weighted by molar-refractivity contribution is 4.50. The number of nitrogens with two attached hydrogens (primary N) is 2. The molecular formula is C8H21N3. The predicted molar refractivity (Wildman–Crippen MR) is 49.4 cm³/mol. The van der Waals surface area contributed by atoms with Crippen molar-refractivity contribution in [2.45, 2.75) is 25.7 Å². The molecule has 1 rings (SSSR count). The molecule has 0 atom stereocenters. The van der Waals surface area contributed by atoms with Gasteiger partial charge < -0.3 is 16.8 Å². The van der Waals surface area contributed by atoms with Gasteiger partial charge in [0.1, 0.15) is 0 Å². The Kier molecular flexibility index (Phi) is 9.77. The van der Waals surface area contributed by atoms with E-state index in [0.717, 1.165) is 13.1 Å². The van der Waals surface area contributed by atoms with Crippen molar-refractivity contribution in [2.75, 3.05) is 26.2 Å². The largest absolute Gasteiger partial charge is 0.329 e. The van der Waals surface area contributed by atoms with E-state index in [2.05, 4.69) is 5.32 Å². The van der Waals surface area contributed by atoms with Gasteiger partial charge in [-0.25, -0.2) is 0 Å². The van der Waals surface area contributed by atoms with Crippen LogP contribution in [0.5, 0.6) is 0 Å². The van der Waals surface area contributed by atoms with E-state index in [1.165, 1.54) is 25.7 Å². The topological polar surface area (TPSA) is 64.1 Å². The van der Waals surface area contributed by atoms with Gasteiger partial charge in [-0.2, -0.15) is 0 Å². The molecule has 0 spiro atoms. The van der Waals surface area contributed by atoms with E-state index in [9.17, 15) is 0 Å². The van der Waals surface area contributed by atoms with E-state index in [1.54, 1.807) is 0 Å². The van der Waals surface area contributed by atoms with Crippen molar-refractivity contribution in [3.8, 4) is 0 Å². The molecule has 11 heavy (non-hydrogen) atoms. The van der Waals surface area contributed by atoms with Gasteiger partial charge in [0.05, 0.1) is 0 Å². The Balaban J connectivity index is 0.000000207. The molecule has 0 aliphatic heterocycles. The van der Waals surface area contributed by atoms with Gasteiger partial charge in [0, 0.05) is 26.2 Å². The average Bonchev–Trinajstić information content (AvgIpc) is 1.85. The summed E-state index contributed by atoms with van der Waals surface area (Å²) < 4.78 is 0. The van der Waals surface area contributed by atoms with Crippen molar-refractivity contribution in [2.24, 2.45) is 11.5 Å². The van der Waals surface area contributed by atoms with Crippen LogP contribution in [-0.2, 0) is 0 Å². The zero-order valence-electron chi connectivity index (χ0n) is 7.31. The standard InChI is InChI=1S/C4H13N3.C4H8/c5-1-3-7-4-2-6;1-2-4-3-1/h7H,1-6H2;1-4H2. The molecule has 1 aliphatic rings. The minimum Gasteiger partial charge on any atom is -0.329 e. The Morgan fingerprint density at radius 1 is 0.818 bits per heavy atom. The molecule has 0 amide bonds. The Hall–Kier alpha value is -0.120. The predicted octanol–water partition coefficient (Wildman–Crippen LogP) is 0.0538. The minimum atomic E-state index is 0.694. The van der Waals surface area contributed by atoms with Gasteiger partial charge >= 0.3 is 0 Å². The van der Waals surface area contributed by atoms with Crippen LogP contribution in [-0.4, -0.2) is 26.2 Å². The summed E-state index contributed by atoms with van der Waals surface area (Å²) in [7, 11) is 0. The highest BCUT2D eigenvalue weighted by atomic mass is 14.9. The Morgan fingerprint density at radius 2 is 1.18 bits per heavy atom. The molecule has 1 saturated carbocycles. The van der Waals surface area contributed by atoms with Crippen LogP contribution in [0.4, 0.5) is 0 Å². The average molecular weight is 159 g/mol. The first-order valence-corrected chi connectivity index (χ1v) is 4.52. The molecule has 0 saturated heterocycles. The van der Waals surface area contributed by atoms with Crippen molar-refractivity contribution in [3.05, 3.63) is 0 Å². The number of rotatable bonds is 4. The lowest BCUT2D eigenvalue weighted by Gasteiger charge is -2.05. The second kappa shape index (κ2) is 9.88. The fraction of sp³-hybridized carbons (Fsp3) is 1.00. The van der Waals surface area contributed by atoms with Crippen LogP contribution in [0.3, 0.4) is 0 Å². The molecule has 0 bridgehead atoms. The monoisotopic (exact) mass is 159 g/mol. The van der Waals surface area contributed by atoms with Crippen LogP contribution in [0.1, 0.15) is 25.7 Å². The minimum absolute atomic E-state index is 0.694. The van der Waals surface area contributed by atoms with Crippen molar-refractivity contribution in [1.29, 1.82) is 0 Å². The third-order valence-corrected chi connectivity index (χ3v) is 1.64. The summed E-state index contributed by atoms with van der Waals surface area (Å²) in [6.07, 6.45) is 6.00. The quantitative estimate of drug-likeness (QED) is 0.508. The molecule has 0 aromatic heterocycles. The zero-order valence-corrected chi connectivity index (χ0v) is 7.31. The first-order chi connectivity index (χ1) is 5.41. The van der Waals surface area contributed by atoms with Crippen LogP contribution >= 0.6 is 0 Å². The van der Waals surface area contributed by atoms with Crippen molar-refractivity contribution >= 4 is 0 Å². The highest BCUT2D eigenvalue weighted by Crippen LogP contribution is 2.15. The van der Waals surface area contributed by atoms with E-state index in [-0.39, 0.29) is 0 Å².